The minimum Gasteiger partial charge on any atom is -0.372 e. The monoisotopic (exact) mass is 283 g/mol. The lowest BCUT2D eigenvalue weighted by atomic mass is 10.0. The molecule has 0 aromatic heterocycles. The molecule has 1 atom stereocenters. The summed E-state index contributed by atoms with van der Waals surface area (Å²) < 4.78 is 6.11. The molecule has 0 radical (unpaired) electrons. The molecule has 0 spiro atoms. The van der Waals surface area contributed by atoms with E-state index < -0.39 is 0 Å². The Morgan fingerprint density at radius 1 is 1.00 bits per heavy atom. The largest absolute Gasteiger partial charge is 0.372 e. The Labute approximate surface area is 128 Å². The molecular formula is C19H25NO. The van der Waals surface area contributed by atoms with Crippen LogP contribution in [0.2, 0.25) is 0 Å². The van der Waals surface area contributed by atoms with Crippen LogP contribution in [0.3, 0.4) is 0 Å². The van der Waals surface area contributed by atoms with E-state index in [1.165, 1.54) is 16.7 Å². The first-order valence-electron chi connectivity index (χ1n) is 7.67. The van der Waals surface area contributed by atoms with E-state index in [4.69, 9.17) is 4.74 Å². The number of hydrogen-bond donors (Lipinski definition) is 1. The van der Waals surface area contributed by atoms with Crippen LogP contribution in [0.1, 0.15) is 29.2 Å². The van der Waals surface area contributed by atoms with Crippen molar-refractivity contribution < 1.29 is 4.74 Å². The number of nitrogens with one attached hydrogen (secondary N) is 1. The Morgan fingerprint density at radius 2 is 1.71 bits per heavy atom. The smallest absolute Gasteiger partial charge is 0.0951 e. The summed E-state index contributed by atoms with van der Waals surface area (Å²) in [5.74, 6) is 0. The molecule has 2 aromatic rings. The van der Waals surface area contributed by atoms with E-state index in [0.717, 1.165) is 26.0 Å². The van der Waals surface area contributed by atoms with Gasteiger partial charge in [0.25, 0.3) is 0 Å². The highest BCUT2D eigenvalue weighted by Crippen LogP contribution is 2.20. The molecule has 21 heavy (non-hydrogen) atoms. The number of likely N-dealkylation sites (N-methyl/N-ethyl adjacent to an activating group) is 1. The van der Waals surface area contributed by atoms with Crippen molar-refractivity contribution in [2.24, 2.45) is 0 Å². The molecule has 2 rings (SSSR count). The lowest BCUT2D eigenvalue weighted by Crippen LogP contribution is -2.21. The van der Waals surface area contributed by atoms with Crippen molar-refractivity contribution in [3.8, 4) is 0 Å². The molecule has 0 amide bonds. The summed E-state index contributed by atoms with van der Waals surface area (Å²) >= 11 is 0. The van der Waals surface area contributed by atoms with E-state index in [2.05, 4.69) is 66.8 Å². The van der Waals surface area contributed by atoms with Crippen molar-refractivity contribution >= 4 is 0 Å². The van der Waals surface area contributed by atoms with Crippen LogP contribution in [0.5, 0.6) is 0 Å². The summed E-state index contributed by atoms with van der Waals surface area (Å²) in [4.78, 5) is 0. The fraction of sp³-hybridized carbons (Fsp3) is 0.368. The summed E-state index contributed by atoms with van der Waals surface area (Å²) in [7, 11) is 1.97. The van der Waals surface area contributed by atoms with Gasteiger partial charge in [-0.05, 0) is 43.5 Å². The fourth-order valence-electron chi connectivity index (χ4n) is 2.54. The summed E-state index contributed by atoms with van der Waals surface area (Å²) in [6.07, 6.45) is 2.25. The van der Waals surface area contributed by atoms with Gasteiger partial charge in [0.1, 0.15) is 0 Å². The molecule has 0 heterocycles. The first-order valence-corrected chi connectivity index (χ1v) is 7.67. The maximum absolute atomic E-state index is 6.11. The van der Waals surface area contributed by atoms with Gasteiger partial charge >= 0.3 is 0 Å². The first kappa shape index (κ1) is 15.7. The molecule has 0 aliphatic heterocycles. The van der Waals surface area contributed by atoms with Gasteiger partial charge in [-0.1, -0.05) is 54.6 Å². The molecule has 2 heteroatoms. The van der Waals surface area contributed by atoms with Crippen molar-refractivity contribution in [2.75, 3.05) is 20.2 Å². The summed E-state index contributed by atoms with van der Waals surface area (Å²) in [6.45, 7) is 3.77. The minimum atomic E-state index is 0.131. The number of rotatable bonds is 8. The topological polar surface area (TPSA) is 21.3 Å². The lowest BCUT2D eigenvalue weighted by Gasteiger charge is -2.20. The molecule has 0 aliphatic carbocycles. The molecule has 112 valence electrons. The number of aryl methyl sites for hydroxylation is 2. The maximum Gasteiger partial charge on any atom is 0.0951 e. The standard InChI is InChI=1S/C19H25NO/c1-16-9-6-7-13-18(16)19(15-20-2)21-14-8-12-17-10-4-3-5-11-17/h3-7,9-11,13,19-20H,8,12,14-15H2,1-2H3. The third-order valence-electron chi connectivity index (χ3n) is 3.70. The van der Waals surface area contributed by atoms with E-state index in [0.29, 0.717) is 0 Å². The van der Waals surface area contributed by atoms with Crippen LogP contribution < -0.4 is 5.32 Å². The third kappa shape index (κ3) is 5.00. The van der Waals surface area contributed by atoms with Crippen LogP contribution in [0.25, 0.3) is 0 Å². The zero-order valence-corrected chi connectivity index (χ0v) is 13.0. The number of benzene rings is 2. The second-order valence-electron chi connectivity index (χ2n) is 5.36. The number of ether oxygens (including phenoxy) is 1. The average molecular weight is 283 g/mol. The van der Waals surface area contributed by atoms with Gasteiger partial charge in [0.05, 0.1) is 6.10 Å². The van der Waals surface area contributed by atoms with Gasteiger partial charge in [0, 0.05) is 13.2 Å². The highest BCUT2D eigenvalue weighted by atomic mass is 16.5. The molecule has 2 aromatic carbocycles. The van der Waals surface area contributed by atoms with Gasteiger partial charge < -0.3 is 10.1 Å². The van der Waals surface area contributed by atoms with E-state index in [1.807, 2.05) is 7.05 Å². The van der Waals surface area contributed by atoms with Crippen LogP contribution >= 0.6 is 0 Å². The summed E-state index contributed by atoms with van der Waals surface area (Å²) in [5.41, 5.74) is 3.95. The average Bonchev–Trinajstić information content (AvgIpc) is 2.52. The molecule has 0 saturated carbocycles. The van der Waals surface area contributed by atoms with E-state index in [9.17, 15) is 0 Å². The predicted octanol–water partition coefficient (Wildman–Crippen LogP) is 3.90. The zero-order valence-electron chi connectivity index (χ0n) is 13.0. The van der Waals surface area contributed by atoms with E-state index in [1.54, 1.807) is 0 Å². The van der Waals surface area contributed by atoms with Crippen molar-refractivity contribution in [3.05, 3.63) is 71.3 Å². The Bertz CT molecular complexity index is 524. The molecule has 0 saturated heterocycles. The van der Waals surface area contributed by atoms with Gasteiger partial charge in [-0.25, -0.2) is 0 Å². The predicted molar refractivity (Wildman–Crippen MR) is 88.6 cm³/mol. The van der Waals surface area contributed by atoms with Crippen LogP contribution in [-0.4, -0.2) is 20.2 Å². The molecule has 1 N–H and O–H groups in total. The van der Waals surface area contributed by atoms with Crippen LogP contribution in [-0.2, 0) is 11.2 Å². The quantitative estimate of drug-likeness (QED) is 0.742. The van der Waals surface area contributed by atoms with Gasteiger partial charge in [0.2, 0.25) is 0 Å². The summed E-state index contributed by atoms with van der Waals surface area (Å²) in [5, 5.41) is 3.23. The molecule has 0 fully saturated rings. The molecule has 0 aliphatic rings. The van der Waals surface area contributed by atoms with Gasteiger partial charge in [0.15, 0.2) is 0 Å². The van der Waals surface area contributed by atoms with Crippen LogP contribution in [0.4, 0.5) is 0 Å². The minimum absolute atomic E-state index is 0.131. The molecule has 1 unspecified atom stereocenters. The maximum atomic E-state index is 6.11. The van der Waals surface area contributed by atoms with Crippen LogP contribution in [0, 0.1) is 6.92 Å². The normalized spacial score (nSPS) is 12.3. The van der Waals surface area contributed by atoms with Crippen LogP contribution in [0.15, 0.2) is 54.6 Å². The molecule has 0 bridgehead atoms. The molecule has 2 nitrogen and oxygen atoms in total. The second-order valence-corrected chi connectivity index (χ2v) is 5.36. The van der Waals surface area contributed by atoms with Crippen molar-refractivity contribution in [3.63, 3.8) is 0 Å². The Kier molecular flexibility index (Phi) is 6.45. The Balaban J connectivity index is 1.85. The van der Waals surface area contributed by atoms with Crippen molar-refractivity contribution in [2.45, 2.75) is 25.9 Å². The highest BCUT2D eigenvalue weighted by molar-refractivity contribution is 5.28. The van der Waals surface area contributed by atoms with Crippen molar-refractivity contribution in [1.29, 1.82) is 0 Å². The molecular weight excluding hydrogens is 258 g/mol. The van der Waals surface area contributed by atoms with E-state index in [-0.39, 0.29) is 6.10 Å². The Morgan fingerprint density at radius 3 is 2.43 bits per heavy atom. The van der Waals surface area contributed by atoms with Gasteiger partial charge in [-0.3, -0.25) is 0 Å². The third-order valence-corrected chi connectivity index (χ3v) is 3.70. The fourth-order valence-corrected chi connectivity index (χ4v) is 2.54. The highest BCUT2D eigenvalue weighted by Gasteiger charge is 2.12. The number of hydrogen-bond acceptors (Lipinski definition) is 2. The van der Waals surface area contributed by atoms with Gasteiger partial charge in [-0.2, -0.15) is 0 Å². The SMILES string of the molecule is CNCC(OCCCc1ccccc1)c1ccccc1C. The second kappa shape index (κ2) is 8.60. The van der Waals surface area contributed by atoms with Crippen molar-refractivity contribution in [1.82, 2.24) is 5.32 Å². The zero-order chi connectivity index (χ0) is 14.9. The van der Waals surface area contributed by atoms with Gasteiger partial charge in [-0.15, -0.1) is 0 Å². The van der Waals surface area contributed by atoms with E-state index >= 15 is 0 Å². The lowest BCUT2D eigenvalue weighted by molar-refractivity contribution is 0.0520. The summed E-state index contributed by atoms with van der Waals surface area (Å²) in [6, 6.07) is 19.0. The Hall–Kier alpha value is -1.64. The first-order chi connectivity index (χ1) is 10.3.